The van der Waals surface area contributed by atoms with Gasteiger partial charge < -0.3 is 4.74 Å². The van der Waals surface area contributed by atoms with Gasteiger partial charge in [-0.05, 0) is 29.8 Å². The molecule has 0 N–H and O–H groups in total. The van der Waals surface area contributed by atoms with Crippen LogP contribution in [0.5, 0.6) is 5.75 Å². The molecule has 17 heavy (non-hydrogen) atoms. The molecule has 0 saturated heterocycles. The van der Waals surface area contributed by atoms with Crippen molar-refractivity contribution < 1.29 is 9.13 Å². The lowest BCUT2D eigenvalue weighted by Gasteiger charge is -2.07. The van der Waals surface area contributed by atoms with E-state index in [-0.39, 0.29) is 17.4 Å². The molecule has 2 rings (SSSR count). The summed E-state index contributed by atoms with van der Waals surface area (Å²) in [6.07, 6.45) is 1.56. The topological polar surface area (TPSA) is 22.1 Å². The first-order valence-corrected chi connectivity index (χ1v) is 5.59. The van der Waals surface area contributed by atoms with Gasteiger partial charge in [0.05, 0.1) is 5.02 Å². The third kappa shape index (κ3) is 3.08. The zero-order valence-electron chi connectivity index (χ0n) is 8.66. The van der Waals surface area contributed by atoms with Crippen LogP contribution in [0.3, 0.4) is 0 Å². The first kappa shape index (κ1) is 12.1. The number of hydrogen-bond acceptors (Lipinski definition) is 2. The smallest absolute Gasteiger partial charge is 0.183 e. The normalized spacial score (nSPS) is 10.3. The Kier molecular flexibility index (Phi) is 3.82. The Morgan fingerprint density at radius 2 is 2.06 bits per heavy atom. The van der Waals surface area contributed by atoms with Gasteiger partial charge in [-0.25, -0.2) is 9.37 Å². The molecule has 0 aliphatic heterocycles. The second kappa shape index (κ2) is 5.34. The molecule has 0 bridgehead atoms. The van der Waals surface area contributed by atoms with Gasteiger partial charge in [-0.1, -0.05) is 29.3 Å². The highest BCUT2D eigenvalue weighted by molar-refractivity contribution is 6.30. The number of hydrogen-bond donors (Lipinski definition) is 0. The summed E-state index contributed by atoms with van der Waals surface area (Å²) in [5.41, 5.74) is 0.810. The van der Waals surface area contributed by atoms with E-state index in [2.05, 4.69) is 4.98 Å². The second-order valence-corrected chi connectivity index (χ2v) is 4.12. The van der Waals surface area contributed by atoms with Crippen LogP contribution in [0.15, 0.2) is 36.5 Å². The maximum atomic E-state index is 13.5. The van der Waals surface area contributed by atoms with Gasteiger partial charge in [0.1, 0.15) is 11.8 Å². The Morgan fingerprint density at radius 1 is 1.24 bits per heavy atom. The van der Waals surface area contributed by atoms with E-state index >= 15 is 0 Å². The first-order valence-electron chi connectivity index (χ1n) is 4.84. The molecule has 1 aromatic carbocycles. The van der Waals surface area contributed by atoms with E-state index < -0.39 is 5.82 Å². The van der Waals surface area contributed by atoms with Crippen LogP contribution in [0.4, 0.5) is 4.39 Å². The fourth-order valence-corrected chi connectivity index (χ4v) is 1.65. The minimum absolute atomic E-state index is 0.0373. The van der Waals surface area contributed by atoms with Crippen molar-refractivity contribution in [2.24, 2.45) is 0 Å². The molecule has 0 atom stereocenters. The summed E-state index contributed by atoms with van der Waals surface area (Å²) < 4.78 is 18.8. The Balaban J connectivity index is 2.10. The lowest BCUT2D eigenvalue weighted by atomic mass is 10.3. The maximum absolute atomic E-state index is 13.5. The van der Waals surface area contributed by atoms with Crippen LogP contribution in [0, 0.1) is 5.82 Å². The van der Waals surface area contributed by atoms with Crippen LogP contribution >= 0.6 is 23.2 Å². The number of pyridine rings is 1. The quantitative estimate of drug-likeness (QED) is 0.784. The van der Waals surface area contributed by atoms with Crippen molar-refractivity contribution in [1.29, 1.82) is 0 Å². The monoisotopic (exact) mass is 271 g/mol. The number of benzene rings is 1. The summed E-state index contributed by atoms with van der Waals surface area (Å²) in [5.74, 6) is -0.445. The van der Waals surface area contributed by atoms with E-state index in [1.807, 2.05) is 0 Å². The van der Waals surface area contributed by atoms with E-state index in [1.165, 1.54) is 12.1 Å². The molecular weight excluding hydrogens is 264 g/mol. The summed E-state index contributed by atoms with van der Waals surface area (Å²) in [4.78, 5) is 3.84. The van der Waals surface area contributed by atoms with Crippen molar-refractivity contribution in [2.45, 2.75) is 6.61 Å². The average molecular weight is 272 g/mol. The lowest BCUT2D eigenvalue weighted by Crippen LogP contribution is -1.98. The van der Waals surface area contributed by atoms with Crippen LogP contribution in [-0.4, -0.2) is 4.98 Å². The van der Waals surface area contributed by atoms with Crippen LogP contribution in [0.1, 0.15) is 5.56 Å². The predicted octanol–water partition coefficient (Wildman–Crippen LogP) is 4.11. The zero-order valence-corrected chi connectivity index (χ0v) is 10.2. The summed E-state index contributed by atoms with van der Waals surface area (Å²) in [7, 11) is 0. The molecule has 0 spiro atoms. The van der Waals surface area contributed by atoms with Crippen LogP contribution in [0.25, 0.3) is 0 Å². The molecule has 1 heterocycles. The molecule has 0 fully saturated rings. The Morgan fingerprint density at radius 3 is 2.82 bits per heavy atom. The first-order chi connectivity index (χ1) is 8.16. The number of halogens is 3. The highest BCUT2D eigenvalue weighted by Gasteiger charge is 2.07. The van der Waals surface area contributed by atoms with Crippen molar-refractivity contribution in [1.82, 2.24) is 4.98 Å². The van der Waals surface area contributed by atoms with Crippen molar-refractivity contribution in [3.05, 3.63) is 58.1 Å². The van der Waals surface area contributed by atoms with Crippen molar-refractivity contribution >= 4 is 23.2 Å². The maximum Gasteiger partial charge on any atom is 0.183 e. The van der Waals surface area contributed by atoms with Crippen molar-refractivity contribution in [3.63, 3.8) is 0 Å². The molecule has 1 aromatic heterocycles. The largest absolute Gasteiger partial charge is 0.486 e. The lowest BCUT2D eigenvalue weighted by molar-refractivity contribution is 0.290. The molecule has 0 aliphatic rings. The molecule has 2 nitrogen and oxygen atoms in total. The van der Waals surface area contributed by atoms with Crippen LogP contribution in [-0.2, 0) is 6.61 Å². The standard InChI is InChI=1S/C12H8Cl2FNO/c13-9-2-1-3-10(12(9)15)17-7-8-4-5-16-11(14)6-8/h1-6H,7H2. The number of nitrogens with zero attached hydrogens (tertiary/aromatic N) is 1. The Bertz CT molecular complexity index is 534. The van der Waals surface area contributed by atoms with Gasteiger partial charge in [0.25, 0.3) is 0 Å². The Hall–Kier alpha value is -1.32. The molecule has 0 amide bonds. The van der Waals surface area contributed by atoms with E-state index in [0.29, 0.717) is 5.15 Å². The Labute approximate surface area is 108 Å². The fraction of sp³-hybridized carbons (Fsp3) is 0.0833. The molecule has 0 unspecified atom stereocenters. The number of ether oxygens (including phenoxy) is 1. The van der Waals surface area contributed by atoms with Crippen LogP contribution in [0.2, 0.25) is 10.2 Å². The van der Waals surface area contributed by atoms with E-state index in [0.717, 1.165) is 5.56 Å². The summed E-state index contributed by atoms with van der Waals surface area (Å²) >= 11 is 11.4. The second-order valence-electron chi connectivity index (χ2n) is 3.33. The molecule has 2 aromatic rings. The molecule has 0 aliphatic carbocycles. The average Bonchev–Trinajstić information content (AvgIpc) is 2.31. The van der Waals surface area contributed by atoms with Gasteiger partial charge in [0.15, 0.2) is 11.6 Å². The van der Waals surface area contributed by atoms with Gasteiger partial charge in [-0.15, -0.1) is 0 Å². The van der Waals surface area contributed by atoms with Crippen LogP contribution < -0.4 is 4.74 Å². The molecule has 5 heteroatoms. The van der Waals surface area contributed by atoms with Gasteiger partial charge in [-0.2, -0.15) is 0 Å². The summed E-state index contributed by atoms with van der Waals surface area (Å²) in [5, 5.41) is 0.410. The predicted molar refractivity (Wildman–Crippen MR) is 65.0 cm³/mol. The van der Waals surface area contributed by atoms with E-state index in [4.69, 9.17) is 27.9 Å². The number of aromatic nitrogens is 1. The van der Waals surface area contributed by atoms with Gasteiger partial charge >= 0.3 is 0 Å². The summed E-state index contributed by atoms with van der Waals surface area (Å²) in [6, 6.07) is 8.01. The van der Waals surface area contributed by atoms with E-state index in [9.17, 15) is 4.39 Å². The third-order valence-corrected chi connectivity index (χ3v) is 2.60. The van der Waals surface area contributed by atoms with Crippen molar-refractivity contribution in [3.8, 4) is 5.75 Å². The molecular formula is C12H8Cl2FNO. The zero-order chi connectivity index (χ0) is 12.3. The highest BCUT2D eigenvalue weighted by Crippen LogP contribution is 2.24. The number of rotatable bonds is 3. The molecule has 0 saturated carbocycles. The van der Waals surface area contributed by atoms with Gasteiger partial charge in [0.2, 0.25) is 0 Å². The minimum Gasteiger partial charge on any atom is -0.486 e. The fourth-order valence-electron chi connectivity index (χ4n) is 1.29. The summed E-state index contributed by atoms with van der Waals surface area (Å²) in [6.45, 7) is 0.208. The molecule has 88 valence electrons. The highest BCUT2D eigenvalue weighted by atomic mass is 35.5. The minimum atomic E-state index is -0.561. The van der Waals surface area contributed by atoms with Gasteiger partial charge in [-0.3, -0.25) is 0 Å². The SMILES string of the molecule is Fc1c(Cl)cccc1OCc1ccnc(Cl)c1. The third-order valence-electron chi connectivity index (χ3n) is 2.10. The van der Waals surface area contributed by atoms with Crippen molar-refractivity contribution in [2.75, 3.05) is 0 Å². The molecule has 0 radical (unpaired) electrons. The van der Waals surface area contributed by atoms with E-state index in [1.54, 1.807) is 24.4 Å². The van der Waals surface area contributed by atoms with Gasteiger partial charge in [0, 0.05) is 6.20 Å².